The van der Waals surface area contributed by atoms with Gasteiger partial charge in [0.15, 0.2) is 0 Å². The maximum absolute atomic E-state index is 13.7. The lowest BCUT2D eigenvalue weighted by atomic mass is 9.97. The normalized spacial score (nSPS) is 11.5. The molecule has 0 N–H and O–H groups in total. The average molecular weight is 424 g/mol. The standard InChI is InChI=1S/C26H17F5/c1-2-3-16-6-10-21-19(12-16)8-9-20-13-17(7-11-22(20)21)4-5-18-14-23(27)25(24(28)15-18)26(29,30)31/h6-15H,2-3H2,1H3. The topological polar surface area (TPSA) is 0 Å². The van der Waals surface area contributed by atoms with Crippen LogP contribution in [0.25, 0.3) is 21.5 Å². The molecule has 4 aromatic rings. The first-order chi connectivity index (χ1) is 14.8. The molecule has 0 saturated carbocycles. The first-order valence-corrected chi connectivity index (χ1v) is 9.80. The quantitative estimate of drug-likeness (QED) is 0.176. The van der Waals surface area contributed by atoms with E-state index >= 15 is 0 Å². The van der Waals surface area contributed by atoms with Crippen molar-refractivity contribution in [2.45, 2.75) is 25.9 Å². The van der Waals surface area contributed by atoms with E-state index in [-0.39, 0.29) is 5.56 Å². The van der Waals surface area contributed by atoms with Crippen LogP contribution in [-0.2, 0) is 12.6 Å². The molecule has 0 fully saturated rings. The highest BCUT2D eigenvalue weighted by Gasteiger charge is 2.37. The Balaban J connectivity index is 1.70. The van der Waals surface area contributed by atoms with E-state index in [1.165, 1.54) is 5.56 Å². The zero-order chi connectivity index (χ0) is 22.2. The SMILES string of the molecule is CCCc1ccc2c(ccc3cc(C#Cc4cc(F)c(C(F)(F)F)c(F)c4)ccc32)c1. The Hall–Kier alpha value is -3.39. The number of hydrogen-bond donors (Lipinski definition) is 0. The summed E-state index contributed by atoms with van der Waals surface area (Å²) in [6.45, 7) is 2.14. The molecule has 0 atom stereocenters. The van der Waals surface area contributed by atoms with Crippen LogP contribution in [0.3, 0.4) is 0 Å². The predicted molar refractivity (Wildman–Crippen MR) is 113 cm³/mol. The highest BCUT2D eigenvalue weighted by Crippen LogP contribution is 2.34. The van der Waals surface area contributed by atoms with Crippen LogP contribution in [0.1, 0.15) is 35.6 Å². The van der Waals surface area contributed by atoms with Crippen LogP contribution in [0, 0.1) is 23.5 Å². The van der Waals surface area contributed by atoms with Crippen LogP contribution in [0.4, 0.5) is 22.0 Å². The maximum Gasteiger partial charge on any atom is 0.422 e. The summed E-state index contributed by atoms with van der Waals surface area (Å²) in [6, 6.07) is 17.2. The average Bonchev–Trinajstić information content (AvgIpc) is 2.70. The van der Waals surface area contributed by atoms with Crippen molar-refractivity contribution in [3.63, 3.8) is 0 Å². The molecule has 0 aliphatic rings. The van der Waals surface area contributed by atoms with Crippen molar-refractivity contribution < 1.29 is 22.0 Å². The van der Waals surface area contributed by atoms with E-state index in [9.17, 15) is 22.0 Å². The van der Waals surface area contributed by atoms with Crippen LogP contribution in [0.2, 0.25) is 0 Å². The molecular weight excluding hydrogens is 407 g/mol. The highest BCUT2D eigenvalue weighted by atomic mass is 19.4. The molecule has 0 nitrogen and oxygen atoms in total. The highest BCUT2D eigenvalue weighted by molar-refractivity contribution is 6.07. The van der Waals surface area contributed by atoms with E-state index in [1.54, 1.807) is 6.07 Å². The molecule has 4 aromatic carbocycles. The zero-order valence-corrected chi connectivity index (χ0v) is 16.6. The van der Waals surface area contributed by atoms with Crippen LogP contribution < -0.4 is 0 Å². The number of benzene rings is 4. The number of rotatable bonds is 2. The van der Waals surface area contributed by atoms with Gasteiger partial charge in [0.1, 0.15) is 17.2 Å². The fraction of sp³-hybridized carbons (Fsp3) is 0.154. The molecule has 4 rings (SSSR count). The minimum Gasteiger partial charge on any atom is -0.206 e. The molecule has 0 aliphatic carbocycles. The summed E-state index contributed by atoms with van der Waals surface area (Å²) < 4.78 is 65.6. The minimum atomic E-state index is -5.10. The first-order valence-electron chi connectivity index (χ1n) is 9.80. The van der Waals surface area contributed by atoms with Gasteiger partial charge in [-0.25, -0.2) is 8.78 Å². The molecule has 0 unspecified atom stereocenters. The van der Waals surface area contributed by atoms with Crippen LogP contribution in [0.15, 0.2) is 60.7 Å². The number of alkyl halides is 3. The number of fused-ring (bicyclic) bond motifs is 3. The summed E-state index contributed by atoms with van der Waals surface area (Å²) in [7, 11) is 0. The Labute approximate surface area is 176 Å². The van der Waals surface area contributed by atoms with Gasteiger partial charge < -0.3 is 0 Å². The van der Waals surface area contributed by atoms with Crippen LogP contribution >= 0.6 is 0 Å². The van der Waals surface area contributed by atoms with Crippen molar-refractivity contribution in [1.29, 1.82) is 0 Å². The van der Waals surface area contributed by atoms with Gasteiger partial charge in [0.05, 0.1) is 0 Å². The fourth-order valence-electron chi connectivity index (χ4n) is 3.70. The van der Waals surface area contributed by atoms with Crippen molar-refractivity contribution in [3.8, 4) is 11.8 Å². The second-order valence-corrected chi connectivity index (χ2v) is 7.37. The fourth-order valence-corrected chi connectivity index (χ4v) is 3.70. The van der Waals surface area contributed by atoms with E-state index in [4.69, 9.17) is 0 Å². The van der Waals surface area contributed by atoms with Gasteiger partial charge in [0.25, 0.3) is 0 Å². The lowest BCUT2D eigenvalue weighted by Gasteiger charge is -2.09. The van der Waals surface area contributed by atoms with Crippen molar-refractivity contribution >= 4 is 21.5 Å². The Morgan fingerprint density at radius 1 is 0.710 bits per heavy atom. The Bertz CT molecular complexity index is 1330. The molecule has 0 bridgehead atoms. The third-order valence-electron chi connectivity index (χ3n) is 5.12. The van der Waals surface area contributed by atoms with Crippen LogP contribution in [-0.4, -0.2) is 0 Å². The van der Waals surface area contributed by atoms with Gasteiger partial charge >= 0.3 is 6.18 Å². The lowest BCUT2D eigenvalue weighted by molar-refractivity contribution is -0.142. The zero-order valence-electron chi connectivity index (χ0n) is 16.6. The number of hydrogen-bond acceptors (Lipinski definition) is 0. The third-order valence-corrected chi connectivity index (χ3v) is 5.12. The number of halogens is 5. The lowest BCUT2D eigenvalue weighted by Crippen LogP contribution is -2.11. The van der Waals surface area contributed by atoms with Gasteiger partial charge in [-0.05, 0) is 57.8 Å². The van der Waals surface area contributed by atoms with Crippen LogP contribution in [0.5, 0.6) is 0 Å². The molecule has 156 valence electrons. The summed E-state index contributed by atoms with van der Waals surface area (Å²) in [4.78, 5) is 0. The molecule has 0 radical (unpaired) electrons. The summed E-state index contributed by atoms with van der Waals surface area (Å²) >= 11 is 0. The summed E-state index contributed by atoms with van der Waals surface area (Å²) in [6.07, 6.45) is -3.00. The Kier molecular flexibility index (Phi) is 5.41. The van der Waals surface area contributed by atoms with Crippen molar-refractivity contribution in [2.75, 3.05) is 0 Å². The molecule has 0 aromatic heterocycles. The van der Waals surface area contributed by atoms with E-state index < -0.39 is 23.4 Å². The van der Waals surface area contributed by atoms with E-state index in [2.05, 4.69) is 37.0 Å². The van der Waals surface area contributed by atoms with E-state index in [0.29, 0.717) is 17.7 Å². The molecule has 31 heavy (non-hydrogen) atoms. The molecule has 0 spiro atoms. The van der Waals surface area contributed by atoms with Crippen molar-refractivity contribution in [3.05, 3.63) is 94.6 Å². The van der Waals surface area contributed by atoms with Crippen molar-refractivity contribution in [2.24, 2.45) is 0 Å². The second kappa shape index (κ2) is 8.03. The molecule has 0 saturated heterocycles. The first kappa shape index (κ1) is 20.9. The van der Waals surface area contributed by atoms with Gasteiger partial charge in [0.2, 0.25) is 0 Å². The summed E-state index contributed by atoms with van der Waals surface area (Å²) in [5.74, 6) is 1.97. The largest absolute Gasteiger partial charge is 0.422 e. The Morgan fingerprint density at radius 2 is 1.29 bits per heavy atom. The third kappa shape index (κ3) is 4.25. The summed E-state index contributed by atoms with van der Waals surface area (Å²) in [5.41, 5.74) is -0.189. The molecule has 0 heterocycles. The molecule has 0 aliphatic heterocycles. The maximum atomic E-state index is 13.7. The van der Waals surface area contributed by atoms with E-state index in [1.807, 2.05) is 24.3 Å². The number of aryl methyl sites for hydroxylation is 1. The molecule has 0 amide bonds. The molecule has 5 heteroatoms. The smallest absolute Gasteiger partial charge is 0.206 e. The van der Waals surface area contributed by atoms with Gasteiger partial charge in [-0.15, -0.1) is 0 Å². The van der Waals surface area contributed by atoms with Gasteiger partial charge in [-0.1, -0.05) is 61.6 Å². The minimum absolute atomic E-state index is 0.162. The second-order valence-electron chi connectivity index (χ2n) is 7.37. The predicted octanol–water partition coefficient (Wildman–Crippen LogP) is 7.64. The Morgan fingerprint density at radius 3 is 1.90 bits per heavy atom. The van der Waals surface area contributed by atoms with Gasteiger partial charge in [0, 0.05) is 11.1 Å². The van der Waals surface area contributed by atoms with Gasteiger partial charge in [-0.2, -0.15) is 13.2 Å². The monoisotopic (exact) mass is 424 g/mol. The summed E-state index contributed by atoms with van der Waals surface area (Å²) in [5, 5.41) is 4.27. The van der Waals surface area contributed by atoms with Crippen molar-refractivity contribution in [1.82, 2.24) is 0 Å². The molecular formula is C26H17F5. The van der Waals surface area contributed by atoms with E-state index in [0.717, 1.165) is 34.4 Å². The van der Waals surface area contributed by atoms with Gasteiger partial charge in [-0.3, -0.25) is 0 Å².